The number of rotatable bonds is 5. The highest BCUT2D eigenvalue weighted by molar-refractivity contribution is 6.21. The molecule has 5 nitrogen and oxygen atoms in total. The molecule has 0 saturated carbocycles. The lowest BCUT2D eigenvalue weighted by molar-refractivity contribution is 0.0636. The van der Waals surface area contributed by atoms with E-state index in [4.69, 9.17) is 0 Å². The topological polar surface area (TPSA) is 43.9 Å². The molecule has 0 spiro atoms. The van der Waals surface area contributed by atoms with Gasteiger partial charge in [0, 0.05) is 38.8 Å². The minimum absolute atomic E-state index is 0.143. The molecule has 0 unspecified atom stereocenters. The minimum atomic E-state index is -0.143. The summed E-state index contributed by atoms with van der Waals surface area (Å²) in [6.07, 6.45) is 0.840. The first kappa shape index (κ1) is 16.1. The van der Waals surface area contributed by atoms with Crippen LogP contribution in [0.2, 0.25) is 0 Å². The molecule has 0 N–H and O–H groups in total. The van der Waals surface area contributed by atoms with Gasteiger partial charge in [-0.25, -0.2) is 0 Å². The number of piperazine rings is 1. The fourth-order valence-corrected chi connectivity index (χ4v) is 3.40. The van der Waals surface area contributed by atoms with Crippen LogP contribution in [0.5, 0.6) is 0 Å². The first-order chi connectivity index (χ1) is 11.1. The van der Waals surface area contributed by atoms with Gasteiger partial charge in [-0.1, -0.05) is 12.1 Å². The van der Waals surface area contributed by atoms with Crippen LogP contribution in [-0.2, 0) is 0 Å². The van der Waals surface area contributed by atoms with Crippen LogP contribution in [0.15, 0.2) is 24.3 Å². The third-order valence-corrected chi connectivity index (χ3v) is 4.87. The van der Waals surface area contributed by atoms with Gasteiger partial charge in [0.25, 0.3) is 11.8 Å². The van der Waals surface area contributed by atoms with Gasteiger partial charge in [0.15, 0.2) is 0 Å². The number of hydrogen-bond donors (Lipinski definition) is 0. The van der Waals surface area contributed by atoms with E-state index >= 15 is 0 Å². The first-order valence-electron chi connectivity index (χ1n) is 8.49. The Hall–Kier alpha value is -1.72. The van der Waals surface area contributed by atoms with Crippen LogP contribution in [0.4, 0.5) is 0 Å². The molecule has 2 aliphatic rings. The molecule has 0 aliphatic carbocycles. The third kappa shape index (κ3) is 3.31. The van der Waals surface area contributed by atoms with Crippen molar-refractivity contribution in [2.24, 2.45) is 0 Å². The molecule has 1 aromatic carbocycles. The highest BCUT2D eigenvalue weighted by atomic mass is 16.2. The van der Waals surface area contributed by atoms with Crippen molar-refractivity contribution in [1.82, 2.24) is 14.7 Å². The van der Waals surface area contributed by atoms with Crippen LogP contribution >= 0.6 is 0 Å². The Morgan fingerprint density at radius 3 is 2.00 bits per heavy atom. The van der Waals surface area contributed by atoms with Crippen molar-refractivity contribution < 1.29 is 9.59 Å². The molecule has 0 bridgehead atoms. The highest BCUT2D eigenvalue weighted by Crippen LogP contribution is 2.22. The number of fused-ring (bicyclic) bond motifs is 1. The van der Waals surface area contributed by atoms with Gasteiger partial charge in [0.05, 0.1) is 11.1 Å². The maximum Gasteiger partial charge on any atom is 0.261 e. The largest absolute Gasteiger partial charge is 0.301 e. The molecular formula is C18H25N3O2. The Labute approximate surface area is 137 Å². The van der Waals surface area contributed by atoms with E-state index in [-0.39, 0.29) is 11.8 Å². The van der Waals surface area contributed by atoms with Gasteiger partial charge in [-0.3, -0.25) is 19.4 Å². The summed E-state index contributed by atoms with van der Waals surface area (Å²) < 4.78 is 0. The number of benzene rings is 1. The number of amides is 2. The molecule has 0 radical (unpaired) electrons. The van der Waals surface area contributed by atoms with Crippen molar-refractivity contribution >= 4 is 11.8 Å². The van der Waals surface area contributed by atoms with E-state index in [1.165, 1.54) is 4.90 Å². The zero-order valence-corrected chi connectivity index (χ0v) is 14.0. The summed E-state index contributed by atoms with van der Waals surface area (Å²) in [6.45, 7) is 10.3. The maximum absolute atomic E-state index is 12.3. The molecule has 0 aromatic heterocycles. The lowest BCUT2D eigenvalue weighted by Crippen LogP contribution is -2.49. The van der Waals surface area contributed by atoms with Gasteiger partial charge >= 0.3 is 0 Å². The number of nitrogens with zero attached hydrogens (tertiary/aromatic N) is 3. The van der Waals surface area contributed by atoms with Crippen molar-refractivity contribution in [3.63, 3.8) is 0 Å². The van der Waals surface area contributed by atoms with Crippen LogP contribution < -0.4 is 0 Å². The van der Waals surface area contributed by atoms with Gasteiger partial charge in [-0.05, 0) is 38.9 Å². The summed E-state index contributed by atoms with van der Waals surface area (Å²) >= 11 is 0. The van der Waals surface area contributed by atoms with Crippen molar-refractivity contribution in [2.75, 3.05) is 39.3 Å². The summed E-state index contributed by atoms with van der Waals surface area (Å²) in [5.41, 5.74) is 1.09. The van der Waals surface area contributed by atoms with Crippen molar-refractivity contribution in [1.29, 1.82) is 0 Å². The molecule has 2 aliphatic heterocycles. The maximum atomic E-state index is 12.3. The summed E-state index contributed by atoms with van der Waals surface area (Å²) in [6, 6.07) is 7.70. The van der Waals surface area contributed by atoms with Gasteiger partial charge in [-0.15, -0.1) is 0 Å². The van der Waals surface area contributed by atoms with E-state index in [0.717, 1.165) is 39.1 Å². The zero-order valence-electron chi connectivity index (χ0n) is 14.0. The van der Waals surface area contributed by atoms with Crippen LogP contribution in [0.1, 0.15) is 41.0 Å². The predicted octanol–water partition coefficient (Wildman–Crippen LogP) is 1.70. The average molecular weight is 315 g/mol. The SMILES string of the molecule is CC(C)N1CCN(CCCN2C(=O)c3ccccc3C2=O)CC1. The molecule has 5 heteroatoms. The molecule has 23 heavy (non-hydrogen) atoms. The molecule has 1 saturated heterocycles. The summed E-state index contributed by atoms with van der Waals surface area (Å²) in [4.78, 5) is 30.9. The quantitative estimate of drug-likeness (QED) is 0.776. The van der Waals surface area contributed by atoms with Gasteiger partial charge in [0.2, 0.25) is 0 Å². The normalized spacial score (nSPS) is 19.7. The van der Waals surface area contributed by atoms with Crippen LogP contribution in [-0.4, -0.2) is 71.8 Å². The molecule has 0 atom stereocenters. The monoisotopic (exact) mass is 315 g/mol. The standard InChI is InChI=1S/C18H25N3O2/c1-14(2)20-12-10-19(11-13-20)8-5-9-21-17(22)15-6-3-4-7-16(15)18(21)23/h3-4,6-7,14H,5,8-13H2,1-2H3. The molecule has 1 fully saturated rings. The van der Waals surface area contributed by atoms with Crippen LogP contribution in [0.25, 0.3) is 0 Å². The Bertz CT molecular complexity index is 557. The number of carbonyl (C=O) groups excluding carboxylic acids is 2. The van der Waals surface area contributed by atoms with E-state index in [1.807, 2.05) is 12.1 Å². The molecule has 1 aromatic rings. The van der Waals surface area contributed by atoms with Gasteiger partial charge < -0.3 is 4.90 Å². The number of carbonyl (C=O) groups is 2. The Morgan fingerprint density at radius 2 is 1.48 bits per heavy atom. The van der Waals surface area contributed by atoms with Crippen molar-refractivity contribution in [3.8, 4) is 0 Å². The van der Waals surface area contributed by atoms with Gasteiger partial charge in [0.1, 0.15) is 0 Å². The molecule has 2 heterocycles. The molecule has 2 amide bonds. The summed E-state index contributed by atoms with van der Waals surface area (Å²) in [5.74, 6) is -0.287. The predicted molar refractivity (Wildman–Crippen MR) is 89.6 cm³/mol. The van der Waals surface area contributed by atoms with E-state index in [1.54, 1.807) is 12.1 Å². The minimum Gasteiger partial charge on any atom is -0.301 e. The van der Waals surface area contributed by atoms with Crippen LogP contribution in [0.3, 0.4) is 0 Å². The number of hydrogen-bond acceptors (Lipinski definition) is 4. The van der Waals surface area contributed by atoms with E-state index in [9.17, 15) is 9.59 Å². The second-order valence-electron chi connectivity index (χ2n) is 6.63. The highest BCUT2D eigenvalue weighted by Gasteiger charge is 2.34. The fourth-order valence-electron chi connectivity index (χ4n) is 3.40. The van der Waals surface area contributed by atoms with E-state index in [0.29, 0.717) is 23.7 Å². The molecule has 3 rings (SSSR count). The van der Waals surface area contributed by atoms with Crippen molar-refractivity contribution in [2.45, 2.75) is 26.3 Å². The second kappa shape index (κ2) is 6.81. The third-order valence-electron chi connectivity index (χ3n) is 4.87. The lowest BCUT2D eigenvalue weighted by atomic mass is 10.1. The molecule has 124 valence electrons. The van der Waals surface area contributed by atoms with E-state index in [2.05, 4.69) is 23.6 Å². The Kier molecular flexibility index (Phi) is 4.78. The summed E-state index contributed by atoms with van der Waals surface area (Å²) in [7, 11) is 0. The fraction of sp³-hybridized carbons (Fsp3) is 0.556. The second-order valence-corrected chi connectivity index (χ2v) is 6.63. The van der Waals surface area contributed by atoms with Crippen molar-refractivity contribution in [3.05, 3.63) is 35.4 Å². The summed E-state index contributed by atoms with van der Waals surface area (Å²) in [5, 5.41) is 0. The van der Waals surface area contributed by atoms with Crippen LogP contribution in [0, 0.1) is 0 Å². The lowest BCUT2D eigenvalue weighted by Gasteiger charge is -2.37. The average Bonchev–Trinajstić information content (AvgIpc) is 2.81. The molecular weight excluding hydrogens is 290 g/mol. The van der Waals surface area contributed by atoms with Gasteiger partial charge in [-0.2, -0.15) is 0 Å². The Morgan fingerprint density at radius 1 is 0.913 bits per heavy atom. The first-order valence-corrected chi connectivity index (χ1v) is 8.49. The Balaban J connectivity index is 1.47. The zero-order chi connectivity index (χ0) is 16.4. The smallest absolute Gasteiger partial charge is 0.261 e. The van der Waals surface area contributed by atoms with E-state index < -0.39 is 0 Å². The number of imide groups is 1.